The van der Waals surface area contributed by atoms with E-state index >= 15 is 0 Å². The molecule has 0 radical (unpaired) electrons. The second-order valence-electron chi connectivity index (χ2n) is 9.49. The van der Waals surface area contributed by atoms with Gasteiger partial charge in [0.2, 0.25) is 34.8 Å². The van der Waals surface area contributed by atoms with E-state index < -0.39 is 124 Å². The van der Waals surface area contributed by atoms with Crippen LogP contribution >= 0.6 is 0 Å². The summed E-state index contributed by atoms with van der Waals surface area (Å²) >= 11 is 0. The van der Waals surface area contributed by atoms with Crippen LogP contribution in [0.15, 0.2) is 9.79 Å². The molecule has 0 heterocycles. The summed E-state index contributed by atoms with van der Waals surface area (Å²) in [4.78, 5) is 20.5. The third-order valence-electron chi connectivity index (χ3n) is 5.91. The highest BCUT2D eigenvalue weighted by Crippen LogP contribution is 2.41. The maximum atomic E-state index is 14.3. The van der Waals surface area contributed by atoms with Crippen LogP contribution in [0, 0.1) is 57.4 Å². The molecule has 10 nitrogen and oxygen atoms in total. The van der Waals surface area contributed by atoms with Crippen molar-refractivity contribution < 1.29 is 80.1 Å². The Kier molecular flexibility index (Phi) is 9.44. The molecule has 0 aliphatic carbocycles. The fourth-order valence-corrected chi connectivity index (χ4v) is 4.87. The molecule has 0 aliphatic rings. The summed E-state index contributed by atoms with van der Waals surface area (Å²) < 4.78 is 188. The minimum atomic E-state index is -6.09. The first-order valence-corrected chi connectivity index (χ1v) is 13.7. The van der Waals surface area contributed by atoms with E-state index in [2.05, 4.69) is 9.47 Å². The van der Waals surface area contributed by atoms with Gasteiger partial charge >= 0.3 is 11.9 Å². The van der Waals surface area contributed by atoms with Gasteiger partial charge in [0.15, 0.2) is 23.3 Å². The normalized spacial score (nSPS) is 14.0. The highest BCUT2D eigenvalue weighted by Gasteiger charge is 2.45. The standard InChI is InChI=1S/C22H18F8O10S2/c1-5-22(4,20(32)40-16-9(25)13(29)18(42(36,37)38)14(30)10(16)26)6-21(2,3)19(31)39-15-7(23)11(27)17(41(33,34)35)12(28)8(15)24/h5-6H2,1-4H3,(H,33,34,35)(H,36,37,38)/p-2. The average Bonchev–Trinajstić information content (AvgIpc) is 2.84. The first-order valence-electron chi connectivity index (χ1n) is 10.9. The van der Waals surface area contributed by atoms with Crippen LogP contribution in [0.3, 0.4) is 0 Å². The number of carbonyl (C=O) groups is 2. The quantitative estimate of drug-likeness (QED) is 0.127. The van der Waals surface area contributed by atoms with Crippen molar-refractivity contribution in [3.8, 4) is 11.5 Å². The van der Waals surface area contributed by atoms with Crippen molar-refractivity contribution in [3.63, 3.8) is 0 Å². The van der Waals surface area contributed by atoms with E-state index in [1.54, 1.807) is 0 Å². The van der Waals surface area contributed by atoms with E-state index in [-0.39, 0.29) is 0 Å². The van der Waals surface area contributed by atoms with Gasteiger partial charge in [-0.15, -0.1) is 0 Å². The molecule has 0 aromatic heterocycles. The second kappa shape index (κ2) is 11.4. The lowest BCUT2D eigenvalue weighted by Gasteiger charge is -2.33. The number of rotatable bonds is 9. The Balaban J connectivity index is 2.46. The van der Waals surface area contributed by atoms with Crippen LogP contribution in [0.4, 0.5) is 35.1 Å². The Labute approximate surface area is 231 Å². The lowest BCUT2D eigenvalue weighted by Crippen LogP contribution is -2.41. The van der Waals surface area contributed by atoms with E-state index in [0.29, 0.717) is 0 Å². The number of hydrogen-bond donors (Lipinski definition) is 0. The topological polar surface area (TPSA) is 167 Å². The Morgan fingerprint density at radius 3 is 1.17 bits per heavy atom. The molecule has 2 aromatic rings. The second-order valence-corrected chi connectivity index (χ2v) is 12.1. The van der Waals surface area contributed by atoms with Crippen molar-refractivity contribution in [1.82, 2.24) is 0 Å². The summed E-state index contributed by atoms with van der Waals surface area (Å²) in [6.45, 7) is 4.02. The molecule has 2 rings (SSSR count). The molecule has 1 atom stereocenters. The van der Waals surface area contributed by atoms with E-state index in [1.807, 2.05) is 0 Å². The predicted molar refractivity (Wildman–Crippen MR) is 117 cm³/mol. The monoisotopic (exact) mass is 656 g/mol. The Bertz CT molecular complexity index is 1650. The van der Waals surface area contributed by atoms with Gasteiger partial charge in [0.05, 0.1) is 10.8 Å². The van der Waals surface area contributed by atoms with E-state index in [9.17, 15) is 70.7 Å². The molecular formula is C22H16F8O10S2-2. The Morgan fingerprint density at radius 1 is 0.619 bits per heavy atom. The SMILES string of the molecule is CCC(C)(CC(C)(C)C(=O)Oc1c(F)c(F)c(S(=O)(=O)[O-])c(F)c1F)C(=O)Oc1c(F)c(F)c(S(=O)(=O)[O-])c(F)c1F. The molecule has 20 heteroatoms. The van der Waals surface area contributed by atoms with E-state index in [1.165, 1.54) is 6.92 Å². The highest BCUT2D eigenvalue weighted by molar-refractivity contribution is 7.86. The first kappa shape index (κ1) is 34.8. The molecule has 234 valence electrons. The maximum Gasteiger partial charge on any atom is 0.317 e. The number of halogens is 8. The maximum absolute atomic E-state index is 14.3. The fraction of sp³-hybridized carbons (Fsp3) is 0.364. The van der Waals surface area contributed by atoms with Crippen LogP contribution in [0.25, 0.3) is 0 Å². The lowest BCUT2D eigenvalue weighted by molar-refractivity contribution is -0.153. The fourth-order valence-electron chi connectivity index (χ4n) is 3.64. The average molecular weight is 656 g/mol. The molecular weight excluding hydrogens is 640 g/mol. The Morgan fingerprint density at radius 2 is 0.905 bits per heavy atom. The first-order chi connectivity index (χ1) is 18.8. The molecule has 0 saturated carbocycles. The number of benzene rings is 2. The summed E-state index contributed by atoms with van der Waals surface area (Å²) in [6.07, 6.45) is -1.26. The number of carbonyl (C=O) groups excluding carboxylic acids is 2. The zero-order chi connectivity index (χ0) is 32.9. The van der Waals surface area contributed by atoms with Crippen molar-refractivity contribution in [2.45, 2.75) is 50.3 Å². The van der Waals surface area contributed by atoms with Gasteiger partial charge in [0.25, 0.3) is 0 Å². The van der Waals surface area contributed by atoms with Crippen molar-refractivity contribution in [1.29, 1.82) is 0 Å². The van der Waals surface area contributed by atoms with Crippen LogP contribution < -0.4 is 9.47 Å². The molecule has 0 saturated heterocycles. The smallest absolute Gasteiger partial charge is 0.317 e. The molecule has 0 fully saturated rings. The molecule has 0 bridgehead atoms. The zero-order valence-corrected chi connectivity index (χ0v) is 23.0. The molecule has 0 aliphatic heterocycles. The highest BCUT2D eigenvalue weighted by atomic mass is 32.2. The van der Waals surface area contributed by atoms with E-state index in [4.69, 9.17) is 0 Å². The molecule has 42 heavy (non-hydrogen) atoms. The van der Waals surface area contributed by atoms with Crippen molar-refractivity contribution in [2.75, 3.05) is 0 Å². The molecule has 1 unspecified atom stereocenters. The minimum absolute atomic E-state index is 0.411. The molecule has 0 amide bonds. The number of hydrogen-bond acceptors (Lipinski definition) is 10. The minimum Gasteiger partial charge on any atom is -0.744 e. The van der Waals surface area contributed by atoms with Crippen molar-refractivity contribution >= 4 is 32.2 Å². The van der Waals surface area contributed by atoms with Crippen LogP contribution in [-0.4, -0.2) is 37.9 Å². The summed E-state index contributed by atoms with van der Waals surface area (Å²) in [5.41, 5.74) is -4.22. The largest absolute Gasteiger partial charge is 0.744 e. The predicted octanol–water partition coefficient (Wildman–Crippen LogP) is 3.95. The molecule has 0 spiro atoms. The molecule has 0 N–H and O–H groups in total. The van der Waals surface area contributed by atoms with Gasteiger partial charge < -0.3 is 18.6 Å². The van der Waals surface area contributed by atoms with Crippen molar-refractivity contribution in [3.05, 3.63) is 46.5 Å². The third-order valence-corrected chi connectivity index (χ3v) is 7.63. The lowest BCUT2D eigenvalue weighted by atomic mass is 9.72. The molecule has 2 aromatic carbocycles. The van der Waals surface area contributed by atoms with Crippen LogP contribution in [0.1, 0.15) is 40.5 Å². The van der Waals surface area contributed by atoms with Gasteiger partial charge in [-0.05, 0) is 33.6 Å². The van der Waals surface area contributed by atoms with Gasteiger partial charge in [-0.1, -0.05) is 6.92 Å². The van der Waals surface area contributed by atoms with Gasteiger partial charge in [0, 0.05) is 0 Å². The van der Waals surface area contributed by atoms with Gasteiger partial charge in [0.1, 0.15) is 30.0 Å². The summed E-state index contributed by atoms with van der Waals surface area (Å²) in [5.74, 6) is -28.9. The van der Waals surface area contributed by atoms with Crippen LogP contribution in [-0.2, 0) is 29.8 Å². The summed E-state index contributed by atoms with van der Waals surface area (Å²) in [5, 5.41) is 0. The van der Waals surface area contributed by atoms with Gasteiger partial charge in [-0.3, -0.25) is 9.59 Å². The van der Waals surface area contributed by atoms with Crippen molar-refractivity contribution in [2.24, 2.45) is 10.8 Å². The zero-order valence-electron chi connectivity index (χ0n) is 21.3. The van der Waals surface area contributed by atoms with Crippen LogP contribution in [0.5, 0.6) is 11.5 Å². The summed E-state index contributed by atoms with van der Waals surface area (Å²) in [6, 6.07) is 0. The van der Waals surface area contributed by atoms with Crippen LogP contribution in [0.2, 0.25) is 0 Å². The van der Waals surface area contributed by atoms with Gasteiger partial charge in [-0.25, -0.2) is 34.4 Å². The third kappa shape index (κ3) is 6.35. The number of esters is 2. The van der Waals surface area contributed by atoms with E-state index in [0.717, 1.165) is 20.8 Å². The van der Waals surface area contributed by atoms with Gasteiger partial charge in [-0.2, -0.15) is 17.6 Å². The summed E-state index contributed by atoms with van der Waals surface area (Å²) in [7, 11) is -12.2. The number of ether oxygens (including phenoxy) is 2. The Hall–Kier alpha value is -3.36.